The minimum atomic E-state index is -0.642. The zero-order valence-corrected chi connectivity index (χ0v) is 16.6. The van der Waals surface area contributed by atoms with Crippen molar-refractivity contribution in [3.8, 4) is 0 Å². The summed E-state index contributed by atoms with van der Waals surface area (Å²) in [6.45, 7) is 4.68. The van der Waals surface area contributed by atoms with E-state index < -0.39 is 5.09 Å². The van der Waals surface area contributed by atoms with Crippen LogP contribution in [-0.4, -0.2) is 24.3 Å². The summed E-state index contributed by atoms with van der Waals surface area (Å²) in [5, 5.41) is 10.1. The summed E-state index contributed by atoms with van der Waals surface area (Å²) >= 11 is 0. The lowest BCUT2D eigenvalue weighted by Gasteiger charge is -2.57. The molecule has 7 atom stereocenters. The van der Waals surface area contributed by atoms with Crippen molar-refractivity contribution in [2.75, 3.05) is 7.11 Å². The third-order valence-corrected chi connectivity index (χ3v) is 8.78. The molecule has 150 valence electrons. The number of esters is 1. The Labute approximate surface area is 160 Å². The molecule has 0 amide bonds. The van der Waals surface area contributed by atoms with Gasteiger partial charge in [0.2, 0.25) is 0 Å². The average Bonchev–Trinajstić information content (AvgIpc) is 2.98. The molecule has 0 radical (unpaired) electrons. The zero-order chi connectivity index (χ0) is 19.4. The van der Waals surface area contributed by atoms with E-state index in [-0.39, 0.29) is 28.8 Å². The van der Waals surface area contributed by atoms with Gasteiger partial charge in [0.25, 0.3) is 5.09 Å². The highest BCUT2D eigenvalue weighted by Gasteiger charge is 2.60. The van der Waals surface area contributed by atoms with Crippen LogP contribution in [0.25, 0.3) is 0 Å². The molecule has 0 heterocycles. The van der Waals surface area contributed by atoms with E-state index in [9.17, 15) is 14.9 Å². The van der Waals surface area contributed by atoms with Crippen molar-refractivity contribution in [1.29, 1.82) is 0 Å². The molecule has 0 bridgehead atoms. The molecular weight excluding hydrogens is 346 g/mol. The highest BCUT2D eigenvalue weighted by molar-refractivity contribution is 5.73. The minimum absolute atomic E-state index is 0.0332. The van der Waals surface area contributed by atoms with Gasteiger partial charge in [-0.3, -0.25) is 4.79 Å². The predicted molar refractivity (Wildman–Crippen MR) is 99.1 cm³/mol. The summed E-state index contributed by atoms with van der Waals surface area (Å²) in [5.74, 6) is 1.80. The summed E-state index contributed by atoms with van der Waals surface area (Å²) in [7, 11) is 1.51. The second-order valence-electron chi connectivity index (χ2n) is 9.65. The van der Waals surface area contributed by atoms with E-state index in [1.165, 1.54) is 12.7 Å². The molecule has 0 saturated heterocycles. The molecule has 4 aliphatic carbocycles. The Kier molecular flexibility index (Phi) is 4.51. The first kappa shape index (κ1) is 18.8. The summed E-state index contributed by atoms with van der Waals surface area (Å²) in [4.78, 5) is 28.0. The first-order valence-electron chi connectivity index (χ1n) is 10.4. The van der Waals surface area contributed by atoms with Gasteiger partial charge in [-0.2, -0.15) is 0 Å². The van der Waals surface area contributed by atoms with Crippen molar-refractivity contribution in [2.24, 2.45) is 34.5 Å². The number of carbonyl (C=O) groups is 1. The Morgan fingerprint density at radius 2 is 1.96 bits per heavy atom. The summed E-state index contributed by atoms with van der Waals surface area (Å²) in [6, 6.07) is 0. The molecule has 0 aromatic rings. The van der Waals surface area contributed by atoms with Crippen LogP contribution in [0.1, 0.15) is 65.2 Å². The normalized spacial score (nSPS) is 45.7. The van der Waals surface area contributed by atoms with Crippen molar-refractivity contribution in [2.45, 2.75) is 71.3 Å². The number of rotatable bonds is 3. The predicted octanol–water partition coefficient (Wildman–Crippen LogP) is 4.32. The Morgan fingerprint density at radius 1 is 1.19 bits per heavy atom. The second kappa shape index (κ2) is 6.49. The SMILES string of the molecule is COC(=O)[C@H]1CC[C@H]2[C@@H]3CC=C4C[C@@H](O[N+](=O)[O-])CC[C@]4(C)[C@H]3CC[C@]12C. The molecule has 0 spiro atoms. The fourth-order valence-corrected chi connectivity index (χ4v) is 7.37. The molecule has 0 N–H and O–H groups in total. The fraction of sp³-hybridized carbons (Fsp3) is 0.857. The number of nitrogens with zero attached hydrogens (tertiary/aromatic N) is 1. The Bertz CT molecular complexity index is 675. The topological polar surface area (TPSA) is 78.7 Å². The van der Waals surface area contributed by atoms with Gasteiger partial charge in [0.15, 0.2) is 0 Å². The van der Waals surface area contributed by atoms with Crippen LogP contribution in [0, 0.1) is 44.6 Å². The molecule has 6 nitrogen and oxygen atoms in total. The molecule has 0 aliphatic heterocycles. The van der Waals surface area contributed by atoms with Gasteiger partial charge in [-0.05, 0) is 80.0 Å². The quantitative estimate of drug-likeness (QED) is 0.317. The fourth-order valence-electron chi connectivity index (χ4n) is 7.37. The summed E-state index contributed by atoms with van der Waals surface area (Å²) in [6.07, 6.45) is 9.78. The van der Waals surface area contributed by atoms with Gasteiger partial charge in [-0.1, -0.05) is 25.5 Å². The third-order valence-electron chi connectivity index (χ3n) is 8.78. The molecule has 6 heteroatoms. The number of allylic oxidation sites excluding steroid dienone is 1. The van der Waals surface area contributed by atoms with Crippen LogP contribution < -0.4 is 0 Å². The van der Waals surface area contributed by atoms with E-state index >= 15 is 0 Å². The minimum Gasteiger partial charge on any atom is -0.469 e. The number of hydrogen-bond acceptors (Lipinski definition) is 5. The number of fused-ring (bicyclic) bond motifs is 5. The smallest absolute Gasteiger partial charge is 0.309 e. The van der Waals surface area contributed by atoms with Crippen molar-refractivity contribution >= 4 is 5.97 Å². The van der Waals surface area contributed by atoms with Gasteiger partial charge < -0.3 is 9.57 Å². The molecular formula is C21H31NO5. The van der Waals surface area contributed by atoms with Crippen LogP contribution in [0.3, 0.4) is 0 Å². The van der Waals surface area contributed by atoms with Crippen LogP contribution in [-0.2, 0) is 14.4 Å². The van der Waals surface area contributed by atoms with Crippen LogP contribution in [0.4, 0.5) is 0 Å². The molecule has 4 aliphatic rings. The third kappa shape index (κ3) is 2.78. The van der Waals surface area contributed by atoms with Gasteiger partial charge in [0.05, 0.1) is 13.0 Å². The van der Waals surface area contributed by atoms with E-state index in [1.807, 2.05) is 0 Å². The lowest BCUT2D eigenvalue weighted by Crippen LogP contribution is -2.51. The van der Waals surface area contributed by atoms with Crippen LogP contribution >= 0.6 is 0 Å². The molecule has 0 unspecified atom stereocenters. The maximum Gasteiger partial charge on any atom is 0.309 e. The summed E-state index contributed by atoms with van der Waals surface area (Å²) in [5.41, 5.74) is 1.55. The van der Waals surface area contributed by atoms with Crippen LogP contribution in [0.15, 0.2) is 11.6 Å². The molecule has 0 aromatic carbocycles. The molecule has 27 heavy (non-hydrogen) atoms. The lowest BCUT2D eigenvalue weighted by molar-refractivity contribution is -0.769. The number of carbonyl (C=O) groups excluding carboxylic acids is 1. The Morgan fingerprint density at radius 3 is 2.67 bits per heavy atom. The maximum atomic E-state index is 12.3. The first-order valence-corrected chi connectivity index (χ1v) is 10.4. The highest BCUT2D eigenvalue weighted by Crippen LogP contribution is 2.66. The van der Waals surface area contributed by atoms with Crippen molar-refractivity contribution in [1.82, 2.24) is 0 Å². The van der Waals surface area contributed by atoms with E-state index in [0.717, 1.165) is 44.9 Å². The lowest BCUT2D eigenvalue weighted by atomic mass is 9.47. The monoisotopic (exact) mass is 377 g/mol. The molecule has 3 fully saturated rings. The van der Waals surface area contributed by atoms with E-state index in [4.69, 9.17) is 9.57 Å². The van der Waals surface area contributed by atoms with Crippen LogP contribution in [0.5, 0.6) is 0 Å². The highest BCUT2D eigenvalue weighted by atomic mass is 17.0. The largest absolute Gasteiger partial charge is 0.469 e. The second-order valence-corrected chi connectivity index (χ2v) is 9.65. The van der Waals surface area contributed by atoms with Gasteiger partial charge in [0, 0.05) is 0 Å². The standard InChI is InChI=1S/C21H31NO5/c1-20-10-8-14(27-22(24)25)12-13(20)4-5-15-16-6-7-18(19(23)26-3)21(16,2)11-9-17(15)20/h4,14-18H,5-12H2,1-3H3/t14-,15-,16-,17-,18+,20-,21-/m0/s1. The maximum absolute atomic E-state index is 12.3. The van der Waals surface area contributed by atoms with Crippen LogP contribution in [0.2, 0.25) is 0 Å². The van der Waals surface area contributed by atoms with E-state index in [1.54, 1.807) is 0 Å². The van der Waals surface area contributed by atoms with E-state index in [0.29, 0.717) is 24.2 Å². The van der Waals surface area contributed by atoms with Gasteiger partial charge >= 0.3 is 5.97 Å². The molecule has 3 saturated carbocycles. The number of ether oxygens (including phenoxy) is 1. The van der Waals surface area contributed by atoms with Gasteiger partial charge in [-0.25, -0.2) is 0 Å². The molecule has 0 aromatic heterocycles. The van der Waals surface area contributed by atoms with Gasteiger partial charge in [0.1, 0.15) is 6.10 Å². The van der Waals surface area contributed by atoms with Crippen molar-refractivity contribution in [3.63, 3.8) is 0 Å². The Balaban J connectivity index is 1.57. The van der Waals surface area contributed by atoms with E-state index in [2.05, 4.69) is 19.9 Å². The van der Waals surface area contributed by atoms with Gasteiger partial charge in [-0.15, -0.1) is 10.1 Å². The molecule has 4 rings (SSSR count). The van der Waals surface area contributed by atoms with Crippen molar-refractivity contribution in [3.05, 3.63) is 21.8 Å². The van der Waals surface area contributed by atoms with Crippen molar-refractivity contribution < 1.29 is 19.5 Å². The average molecular weight is 377 g/mol. The number of hydrogen-bond donors (Lipinski definition) is 0. The Hall–Kier alpha value is -1.59. The first-order chi connectivity index (χ1) is 12.8. The number of methoxy groups -OCH3 is 1. The summed E-state index contributed by atoms with van der Waals surface area (Å²) < 4.78 is 5.11. The zero-order valence-electron chi connectivity index (χ0n) is 16.6.